The molecule has 4 heteroatoms. The van der Waals surface area contributed by atoms with E-state index in [0.717, 1.165) is 43.5 Å². The highest BCUT2D eigenvalue weighted by atomic mass is 35.5. The molecule has 17 heavy (non-hydrogen) atoms. The molecule has 0 fully saturated rings. The summed E-state index contributed by atoms with van der Waals surface area (Å²) in [5.41, 5.74) is 1.19. The third kappa shape index (κ3) is 5.87. The number of aryl methyl sites for hydroxylation is 1. The predicted octanol–water partition coefficient (Wildman–Crippen LogP) is 3.44. The second kappa shape index (κ2) is 8.09. The van der Waals surface area contributed by atoms with Crippen LogP contribution in [-0.2, 0) is 6.54 Å². The third-order valence-corrected chi connectivity index (χ3v) is 4.26. The van der Waals surface area contributed by atoms with Gasteiger partial charge in [0.1, 0.15) is 0 Å². The van der Waals surface area contributed by atoms with E-state index in [2.05, 4.69) is 36.8 Å². The van der Waals surface area contributed by atoms with Crippen molar-refractivity contribution in [2.24, 2.45) is 5.92 Å². The molecule has 0 saturated heterocycles. The van der Waals surface area contributed by atoms with E-state index in [1.807, 2.05) is 0 Å². The molecule has 0 bridgehead atoms. The molecule has 0 radical (unpaired) electrons. The number of thiophene rings is 1. The van der Waals surface area contributed by atoms with Gasteiger partial charge in [0.15, 0.2) is 0 Å². The van der Waals surface area contributed by atoms with E-state index >= 15 is 0 Å². The Labute approximate surface area is 114 Å². The number of hydrogen-bond acceptors (Lipinski definition) is 3. The minimum Gasteiger partial charge on any atom is -0.316 e. The maximum Gasteiger partial charge on any atom is 0.0587 e. The first-order valence-corrected chi connectivity index (χ1v) is 7.51. The summed E-state index contributed by atoms with van der Waals surface area (Å²) in [7, 11) is 0. The molecule has 0 amide bonds. The quantitative estimate of drug-likeness (QED) is 0.710. The van der Waals surface area contributed by atoms with E-state index in [1.165, 1.54) is 10.4 Å². The van der Waals surface area contributed by atoms with Crippen molar-refractivity contribution in [3.8, 4) is 0 Å². The normalized spacial score (nSPS) is 11.4. The van der Waals surface area contributed by atoms with Crippen LogP contribution in [0.2, 0.25) is 5.02 Å². The highest BCUT2D eigenvalue weighted by Gasteiger charge is 2.04. The minimum atomic E-state index is 0.732. The van der Waals surface area contributed by atoms with Crippen molar-refractivity contribution in [1.29, 1.82) is 0 Å². The molecule has 98 valence electrons. The van der Waals surface area contributed by atoms with E-state index in [4.69, 9.17) is 11.6 Å². The van der Waals surface area contributed by atoms with E-state index in [9.17, 15) is 0 Å². The summed E-state index contributed by atoms with van der Waals surface area (Å²) < 4.78 is 0. The molecule has 2 nitrogen and oxygen atoms in total. The zero-order valence-electron chi connectivity index (χ0n) is 11.0. The van der Waals surface area contributed by atoms with Crippen molar-refractivity contribution in [3.05, 3.63) is 20.8 Å². The van der Waals surface area contributed by atoms with Gasteiger partial charge in [0.05, 0.1) is 5.02 Å². The molecule has 2 N–H and O–H groups in total. The summed E-state index contributed by atoms with van der Waals surface area (Å²) in [5, 5.41) is 9.91. The van der Waals surface area contributed by atoms with Crippen molar-refractivity contribution in [2.45, 2.75) is 33.7 Å². The van der Waals surface area contributed by atoms with E-state index in [-0.39, 0.29) is 0 Å². The SMILES string of the molecule is Cc1csc(CNCCCNCC(C)C)c1Cl. The smallest absolute Gasteiger partial charge is 0.0587 e. The maximum atomic E-state index is 6.16. The molecule has 0 aliphatic carbocycles. The standard InChI is InChI=1S/C13H23ClN2S/c1-10(2)7-15-5-4-6-16-8-12-13(14)11(3)9-17-12/h9-10,15-16H,4-8H2,1-3H3. The van der Waals surface area contributed by atoms with Crippen molar-refractivity contribution < 1.29 is 0 Å². The van der Waals surface area contributed by atoms with Crippen molar-refractivity contribution in [2.75, 3.05) is 19.6 Å². The van der Waals surface area contributed by atoms with E-state index in [1.54, 1.807) is 11.3 Å². The van der Waals surface area contributed by atoms with Gasteiger partial charge in [0.2, 0.25) is 0 Å². The van der Waals surface area contributed by atoms with Gasteiger partial charge < -0.3 is 10.6 Å². The van der Waals surface area contributed by atoms with Crippen LogP contribution in [0.1, 0.15) is 30.7 Å². The molecular weight excluding hydrogens is 252 g/mol. The molecule has 0 unspecified atom stereocenters. The monoisotopic (exact) mass is 274 g/mol. The van der Waals surface area contributed by atoms with Gasteiger partial charge in [0, 0.05) is 11.4 Å². The van der Waals surface area contributed by atoms with Gasteiger partial charge in [-0.2, -0.15) is 0 Å². The zero-order valence-corrected chi connectivity index (χ0v) is 12.5. The lowest BCUT2D eigenvalue weighted by atomic mass is 10.2. The van der Waals surface area contributed by atoms with Gasteiger partial charge in [-0.25, -0.2) is 0 Å². The highest BCUT2D eigenvalue weighted by molar-refractivity contribution is 7.10. The van der Waals surface area contributed by atoms with Crippen LogP contribution in [-0.4, -0.2) is 19.6 Å². The molecule has 1 rings (SSSR count). The Kier molecular flexibility index (Phi) is 7.12. The Morgan fingerprint density at radius 1 is 1.29 bits per heavy atom. The zero-order chi connectivity index (χ0) is 12.7. The van der Waals surface area contributed by atoms with E-state index < -0.39 is 0 Å². The largest absolute Gasteiger partial charge is 0.316 e. The molecule has 0 aliphatic heterocycles. The Bertz CT molecular complexity index is 323. The molecule has 1 aromatic rings. The van der Waals surface area contributed by atoms with Gasteiger partial charge in [-0.3, -0.25) is 0 Å². The fraction of sp³-hybridized carbons (Fsp3) is 0.692. The molecule has 0 atom stereocenters. The van der Waals surface area contributed by atoms with Gasteiger partial charge in [-0.1, -0.05) is 25.4 Å². The van der Waals surface area contributed by atoms with Gasteiger partial charge in [-0.05, 0) is 49.8 Å². The third-order valence-electron chi connectivity index (χ3n) is 2.51. The fourth-order valence-corrected chi connectivity index (χ4v) is 2.74. The number of hydrogen-bond donors (Lipinski definition) is 2. The van der Waals surface area contributed by atoms with Crippen LogP contribution in [0.5, 0.6) is 0 Å². The highest BCUT2D eigenvalue weighted by Crippen LogP contribution is 2.26. The van der Waals surface area contributed by atoms with Crippen LogP contribution in [0.4, 0.5) is 0 Å². The van der Waals surface area contributed by atoms with Crippen molar-refractivity contribution in [3.63, 3.8) is 0 Å². The lowest BCUT2D eigenvalue weighted by Gasteiger charge is -2.07. The maximum absolute atomic E-state index is 6.16. The first-order valence-electron chi connectivity index (χ1n) is 6.25. The molecule has 0 saturated carbocycles. The first-order chi connectivity index (χ1) is 8.11. The summed E-state index contributed by atoms with van der Waals surface area (Å²) in [6.07, 6.45) is 1.16. The lowest BCUT2D eigenvalue weighted by molar-refractivity contribution is 0.531. The van der Waals surface area contributed by atoms with Crippen molar-refractivity contribution in [1.82, 2.24) is 10.6 Å². The summed E-state index contributed by atoms with van der Waals surface area (Å²) in [4.78, 5) is 1.25. The predicted molar refractivity (Wildman–Crippen MR) is 78.1 cm³/mol. The topological polar surface area (TPSA) is 24.1 Å². The average Bonchev–Trinajstić information content (AvgIpc) is 2.59. The minimum absolute atomic E-state index is 0.732. The summed E-state index contributed by atoms with van der Waals surface area (Å²) in [5.74, 6) is 0.732. The average molecular weight is 275 g/mol. The Morgan fingerprint density at radius 2 is 2.00 bits per heavy atom. The van der Waals surface area contributed by atoms with Gasteiger partial charge in [-0.15, -0.1) is 11.3 Å². The summed E-state index contributed by atoms with van der Waals surface area (Å²) in [6.45, 7) is 10.6. The Balaban J connectivity index is 2.03. The van der Waals surface area contributed by atoms with Crippen LogP contribution in [0.25, 0.3) is 0 Å². The van der Waals surface area contributed by atoms with Crippen LogP contribution in [0.3, 0.4) is 0 Å². The van der Waals surface area contributed by atoms with Crippen molar-refractivity contribution >= 4 is 22.9 Å². The summed E-state index contributed by atoms with van der Waals surface area (Å²) >= 11 is 7.90. The molecule has 0 aromatic carbocycles. The number of halogens is 1. The van der Waals surface area contributed by atoms with E-state index in [0.29, 0.717) is 0 Å². The Morgan fingerprint density at radius 3 is 2.59 bits per heavy atom. The van der Waals surface area contributed by atoms with Crippen LogP contribution >= 0.6 is 22.9 Å². The number of rotatable bonds is 8. The first kappa shape index (κ1) is 15.0. The molecule has 0 spiro atoms. The molecule has 1 aromatic heterocycles. The molecular formula is C13H23ClN2S. The second-order valence-corrected chi connectivity index (χ2v) is 6.13. The lowest BCUT2D eigenvalue weighted by Crippen LogP contribution is -2.24. The van der Waals surface area contributed by atoms with Crippen LogP contribution in [0.15, 0.2) is 5.38 Å². The Hall–Kier alpha value is -0.0900. The van der Waals surface area contributed by atoms with Gasteiger partial charge >= 0.3 is 0 Å². The van der Waals surface area contributed by atoms with Crippen LogP contribution in [0, 0.1) is 12.8 Å². The molecule has 0 aliphatic rings. The van der Waals surface area contributed by atoms with Gasteiger partial charge in [0.25, 0.3) is 0 Å². The fourth-order valence-electron chi connectivity index (χ4n) is 1.53. The second-order valence-electron chi connectivity index (χ2n) is 4.78. The number of nitrogens with one attached hydrogen (secondary N) is 2. The van der Waals surface area contributed by atoms with Crippen LogP contribution < -0.4 is 10.6 Å². The summed E-state index contributed by atoms with van der Waals surface area (Å²) in [6, 6.07) is 0. The molecule has 1 heterocycles.